The van der Waals surface area contributed by atoms with Crippen molar-refractivity contribution < 1.29 is 14.7 Å². The van der Waals surface area contributed by atoms with E-state index in [-0.39, 0.29) is 12.3 Å². The van der Waals surface area contributed by atoms with Crippen LogP contribution in [0.5, 0.6) is 0 Å². The zero-order valence-corrected chi connectivity index (χ0v) is 11.2. The highest BCUT2D eigenvalue weighted by atomic mass is 16.4. The number of carbonyl (C=O) groups is 2. The van der Waals surface area contributed by atoms with Crippen LogP contribution in [-0.2, 0) is 16.0 Å². The van der Waals surface area contributed by atoms with Crippen molar-refractivity contribution >= 4 is 17.6 Å². The number of pyridine rings is 1. The summed E-state index contributed by atoms with van der Waals surface area (Å²) in [6, 6.07) is 3.29. The first-order valence-electron chi connectivity index (χ1n) is 6.58. The van der Waals surface area contributed by atoms with E-state index in [0.717, 1.165) is 25.7 Å². The molecule has 1 heterocycles. The fourth-order valence-electron chi connectivity index (χ4n) is 1.69. The topological polar surface area (TPSA) is 79.3 Å². The van der Waals surface area contributed by atoms with E-state index in [1.54, 1.807) is 12.1 Å². The summed E-state index contributed by atoms with van der Waals surface area (Å²) in [5.41, 5.74) is 1.09. The number of anilines is 1. The molecule has 104 valence electrons. The largest absolute Gasteiger partial charge is 0.481 e. The lowest BCUT2D eigenvalue weighted by Gasteiger charge is -2.05. The molecule has 1 aromatic rings. The highest BCUT2D eigenvalue weighted by Crippen LogP contribution is 2.09. The Hall–Kier alpha value is -1.91. The first-order valence-corrected chi connectivity index (χ1v) is 6.58. The maximum absolute atomic E-state index is 11.6. The summed E-state index contributed by atoms with van der Waals surface area (Å²) >= 11 is 0. The molecule has 0 saturated carbocycles. The fourth-order valence-corrected chi connectivity index (χ4v) is 1.69. The first-order chi connectivity index (χ1) is 9.11. The van der Waals surface area contributed by atoms with Gasteiger partial charge < -0.3 is 10.4 Å². The van der Waals surface area contributed by atoms with E-state index in [1.807, 2.05) is 0 Å². The van der Waals surface area contributed by atoms with Crippen LogP contribution >= 0.6 is 0 Å². The van der Waals surface area contributed by atoms with E-state index >= 15 is 0 Å². The average molecular weight is 264 g/mol. The fraction of sp³-hybridized carbons (Fsp3) is 0.500. The van der Waals surface area contributed by atoms with E-state index in [0.29, 0.717) is 17.8 Å². The lowest BCUT2D eigenvalue weighted by Crippen LogP contribution is -2.11. The number of nitrogens with one attached hydrogen (secondary N) is 1. The van der Waals surface area contributed by atoms with Crippen molar-refractivity contribution in [3.63, 3.8) is 0 Å². The summed E-state index contributed by atoms with van der Waals surface area (Å²) in [7, 11) is 0. The predicted molar refractivity (Wildman–Crippen MR) is 73.0 cm³/mol. The van der Waals surface area contributed by atoms with Crippen molar-refractivity contribution in [2.75, 3.05) is 5.32 Å². The van der Waals surface area contributed by atoms with Crippen molar-refractivity contribution in [1.29, 1.82) is 0 Å². The molecule has 0 radical (unpaired) electrons. The highest BCUT2D eigenvalue weighted by molar-refractivity contribution is 5.90. The zero-order chi connectivity index (χ0) is 14.1. The first kappa shape index (κ1) is 15.1. The Morgan fingerprint density at radius 1 is 1.26 bits per heavy atom. The Balaban J connectivity index is 2.36. The number of carboxylic acids is 1. The number of nitrogens with zero attached hydrogens (tertiary/aromatic N) is 1. The Morgan fingerprint density at radius 2 is 2.05 bits per heavy atom. The van der Waals surface area contributed by atoms with E-state index in [9.17, 15) is 9.59 Å². The lowest BCUT2D eigenvalue weighted by molar-refractivity contribution is -0.136. The lowest BCUT2D eigenvalue weighted by atomic mass is 10.1. The molecule has 1 rings (SSSR count). The number of aromatic nitrogens is 1. The minimum absolute atomic E-state index is 0.0242. The van der Waals surface area contributed by atoms with Crippen LogP contribution in [0.2, 0.25) is 0 Å². The number of rotatable bonds is 8. The molecule has 0 unspecified atom stereocenters. The monoisotopic (exact) mass is 264 g/mol. The molecule has 19 heavy (non-hydrogen) atoms. The number of unbranched alkanes of at least 4 members (excludes halogenated alkanes) is 3. The number of aliphatic carboxylic acids is 1. The molecule has 5 nitrogen and oxygen atoms in total. The van der Waals surface area contributed by atoms with Crippen LogP contribution in [0.15, 0.2) is 18.3 Å². The molecule has 0 saturated heterocycles. The maximum atomic E-state index is 11.6. The molecular formula is C14H20N2O3. The summed E-state index contributed by atoms with van der Waals surface area (Å²) in [6.07, 6.45) is 6.16. The molecule has 0 fully saturated rings. The van der Waals surface area contributed by atoms with E-state index < -0.39 is 5.97 Å². The second kappa shape index (κ2) is 8.24. The van der Waals surface area contributed by atoms with Crippen molar-refractivity contribution in [3.05, 3.63) is 24.0 Å². The summed E-state index contributed by atoms with van der Waals surface area (Å²) in [6.45, 7) is 2.13. The van der Waals surface area contributed by atoms with Gasteiger partial charge in [-0.05, 0) is 18.6 Å². The van der Waals surface area contributed by atoms with Crippen LogP contribution in [0.1, 0.15) is 44.7 Å². The van der Waals surface area contributed by atoms with Crippen molar-refractivity contribution in [2.24, 2.45) is 0 Å². The van der Waals surface area contributed by atoms with Gasteiger partial charge in [-0.15, -0.1) is 0 Å². The third-order valence-electron chi connectivity index (χ3n) is 2.70. The minimum atomic E-state index is -0.916. The molecule has 0 aliphatic rings. The van der Waals surface area contributed by atoms with Crippen LogP contribution in [0.25, 0.3) is 0 Å². The van der Waals surface area contributed by atoms with Gasteiger partial charge in [-0.25, -0.2) is 0 Å². The molecule has 1 amide bonds. The van der Waals surface area contributed by atoms with Gasteiger partial charge in [0.2, 0.25) is 5.91 Å². The molecule has 0 bridgehead atoms. The van der Waals surface area contributed by atoms with E-state index in [2.05, 4.69) is 17.2 Å². The van der Waals surface area contributed by atoms with Gasteiger partial charge in [0.05, 0.1) is 24.0 Å². The Kier molecular flexibility index (Phi) is 6.57. The van der Waals surface area contributed by atoms with Crippen LogP contribution in [0.3, 0.4) is 0 Å². The molecule has 0 aliphatic heterocycles. The summed E-state index contributed by atoms with van der Waals surface area (Å²) in [5, 5.41) is 11.4. The van der Waals surface area contributed by atoms with Gasteiger partial charge in [-0.2, -0.15) is 0 Å². The smallest absolute Gasteiger partial charge is 0.309 e. The van der Waals surface area contributed by atoms with Crippen molar-refractivity contribution in [2.45, 2.75) is 45.4 Å². The number of hydrogen-bond donors (Lipinski definition) is 2. The average Bonchev–Trinajstić information content (AvgIpc) is 2.36. The Morgan fingerprint density at radius 3 is 2.63 bits per heavy atom. The van der Waals surface area contributed by atoms with Gasteiger partial charge in [-0.3, -0.25) is 14.6 Å². The van der Waals surface area contributed by atoms with E-state index in [4.69, 9.17) is 5.11 Å². The van der Waals surface area contributed by atoms with Gasteiger partial charge in [0, 0.05) is 6.42 Å². The second-order valence-corrected chi connectivity index (χ2v) is 4.47. The molecule has 0 atom stereocenters. The predicted octanol–water partition coefficient (Wildman–Crippen LogP) is 2.62. The SMILES string of the molecule is CCCCCCC(=O)Nc1ccc(CC(=O)O)nc1. The number of amides is 1. The quantitative estimate of drug-likeness (QED) is 0.707. The normalized spacial score (nSPS) is 10.2. The van der Waals surface area contributed by atoms with E-state index in [1.165, 1.54) is 6.20 Å². The number of hydrogen-bond acceptors (Lipinski definition) is 3. The third-order valence-corrected chi connectivity index (χ3v) is 2.70. The molecule has 2 N–H and O–H groups in total. The van der Waals surface area contributed by atoms with Crippen LogP contribution in [-0.4, -0.2) is 22.0 Å². The molecule has 0 aromatic carbocycles. The summed E-state index contributed by atoms with van der Waals surface area (Å²) < 4.78 is 0. The highest BCUT2D eigenvalue weighted by Gasteiger charge is 2.04. The molecule has 5 heteroatoms. The van der Waals surface area contributed by atoms with Crippen molar-refractivity contribution in [3.8, 4) is 0 Å². The molecular weight excluding hydrogens is 244 g/mol. The Labute approximate surface area is 113 Å². The van der Waals surface area contributed by atoms with Gasteiger partial charge in [0.1, 0.15) is 0 Å². The molecule has 1 aromatic heterocycles. The standard InChI is InChI=1S/C14H20N2O3/c1-2-3-4-5-6-13(17)16-12-8-7-11(15-10-12)9-14(18)19/h7-8,10H,2-6,9H2,1H3,(H,16,17)(H,18,19). The molecule has 0 spiro atoms. The van der Waals surface area contributed by atoms with Crippen LogP contribution < -0.4 is 5.32 Å². The van der Waals surface area contributed by atoms with Gasteiger partial charge >= 0.3 is 5.97 Å². The number of carboxylic acid groups (broad SMARTS) is 1. The number of carbonyl (C=O) groups excluding carboxylic acids is 1. The van der Waals surface area contributed by atoms with Gasteiger partial charge in [-0.1, -0.05) is 26.2 Å². The van der Waals surface area contributed by atoms with Crippen LogP contribution in [0.4, 0.5) is 5.69 Å². The maximum Gasteiger partial charge on any atom is 0.309 e. The molecule has 0 aliphatic carbocycles. The summed E-state index contributed by atoms with van der Waals surface area (Å²) in [4.78, 5) is 26.1. The Bertz CT molecular complexity index is 415. The van der Waals surface area contributed by atoms with Gasteiger partial charge in [0.25, 0.3) is 0 Å². The van der Waals surface area contributed by atoms with Gasteiger partial charge in [0.15, 0.2) is 0 Å². The third kappa shape index (κ3) is 6.55. The zero-order valence-electron chi connectivity index (χ0n) is 11.2. The van der Waals surface area contributed by atoms with Crippen LogP contribution in [0, 0.1) is 0 Å². The van der Waals surface area contributed by atoms with Crippen molar-refractivity contribution in [1.82, 2.24) is 4.98 Å². The summed E-state index contributed by atoms with van der Waals surface area (Å²) in [5.74, 6) is -0.941. The minimum Gasteiger partial charge on any atom is -0.481 e. The second-order valence-electron chi connectivity index (χ2n) is 4.47.